The zero-order valence-corrected chi connectivity index (χ0v) is 13.6. The first kappa shape index (κ1) is 16.3. The SMILES string of the molecule is C=CCC(OC)c1cn(C(=O)OC(C)(C)C)c2ccccc12. The van der Waals surface area contributed by atoms with E-state index < -0.39 is 5.60 Å². The lowest BCUT2D eigenvalue weighted by molar-refractivity contribution is 0.0543. The fraction of sp³-hybridized carbons (Fsp3) is 0.389. The van der Waals surface area contributed by atoms with Crippen molar-refractivity contribution in [3.05, 3.63) is 48.7 Å². The molecule has 0 fully saturated rings. The number of fused-ring (bicyclic) bond motifs is 1. The summed E-state index contributed by atoms with van der Waals surface area (Å²) in [6.45, 7) is 9.33. The first-order chi connectivity index (χ1) is 10.4. The van der Waals surface area contributed by atoms with Crippen LogP contribution in [0.2, 0.25) is 0 Å². The van der Waals surface area contributed by atoms with E-state index in [0.29, 0.717) is 6.42 Å². The van der Waals surface area contributed by atoms with Gasteiger partial charge in [0.2, 0.25) is 0 Å². The number of carbonyl (C=O) groups excluding carboxylic acids is 1. The largest absolute Gasteiger partial charge is 0.443 e. The van der Waals surface area contributed by atoms with Crippen molar-refractivity contribution in [2.45, 2.75) is 38.9 Å². The van der Waals surface area contributed by atoms with Crippen LogP contribution in [0.3, 0.4) is 0 Å². The molecular formula is C18H23NO3. The van der Waals surface area contributed by atoms with E-state index in [9.17, 15) is 4.79 Å². The molecule has 0 N–H and O–H groups in total. The van der Waals surface area contributed by atoms with Gasteiger partial charge in [-0.05, 0) is 33.3 Å². The number of para-hydroxylation sites is 1. The van der Waals surface area contributed by atoms with E-state index in [2.05, 4.69) is 6.58 Å². The van der Waals surface area contributed by atoms with Crippen LogP contribution in [-0.2, 0) is 9.47 Å². The Hall–Kier alpha value is -2.07. The van der Waals surface area contributed by atoms with Gasteiger partial charge in [-0.15, -0.1) is 6.58 Å². The summed E-state index contributed by atoms with van der Waals surface area (Å²) in [4.78, 5) is 12.4. The minimum atomic E-state index is -0.537. The molecule has 0 radical (unpaired) electrons. The lowest BCUT2D eigenvalue weighted by Crippen LogP contribution is -2.26. The maximum Gasteiger partial charge on any atom is 0.419 e. The van der Waals surface area contributed by atoms with Crippen molar-refractivity contribution in [1.29, 1.82) is 0 Å². The monoisotopic (exact) mass is 301 g/mol. The van der Waals surface area contributed by atoms with Gasteiger partial charge in [-0.3, -0.25) is 4.57 Å². The van der Waals surface area contributed by atoms with E-state index >= 15 is 0 Å². The molecule has 0 aliphatic rings. The Morgan fingerprint density at radius 1 is 1.36 bits per heavy atom. The molecule has 0 aliphatic heterocycles. The second-order valence-electron chi connectivity index (χ2n) is 6.20. The highest BCUT2D eigenvalue weighted by Crippen LogP contribution is 2.31. The van der Waals surface area contributed by atoms with Gasteiger partial charge in [-0.1, -0.05) is 24.3 Å². The molecule has 4 nitrogen and oxygen atoms in total. The summed E-state index contributed by atoms with van der Waals surface area (Å²) in [5.74, 6) is 0. The van der Waals surface area contributed by atoms with Gasteiger partial charge in [0.05, 0.1) is 11.6 Å². The van der Waals surface area contributed by atoms with Crippen LogP contribution in [-0.4, -0.2) is 23.4 Å². The van der Waals surface area contributed by atoms with E-state index in [1.165, 1.54) is 0 Å². The second kappa shape index (κ2) is 6.36. The maximum absolute atomic E-state index is 12.4. The Bertz CT molecular complexity index is 679. The highest BCUT2D eigenvalue weighted by molar-refractivity contribution is 5.92. The Morgan fingerprint density at radius 3 is 2.64 bits per heavy atom. The maximum atomic E-state index is 12.4. The fourth-order valence-corrected chi connectivity index (χ4v) is 2.43. The number of aromatic nitrogens is 1. The predicted octanol–water partition coefficient (Wildman–Crippen LogP) is 4.69. The number of methoxy groups -OCH3 is 1. The van der Waals surface area contributed by atoms with Crippen LogP contribution in [0, 0.1) is 0 Å². The first-order valence-corrected chi connectivity index (χ1v) is 7.34. The van der Waals surface area contributed by atoms with Crippen LogP contribution in [0.1, 0.15) is 38.9 Å². The summed E-state index contributed by atoms with van der Waals surface area (Å²) in [6.07, 6.45) is 3.78. The Balaban J connectivity index is 2.52. The van der Waals surface area contributed by atoms with Crippen LogP contribution in [0.15, 0.2) is 43.1 Å². The van der Waals surface area contributed by atoms with Gasteiger partial charge in [0.25, 0.3) is 0 Å². The molecule has 1 unspecified atom stereocenters. The molecule has 0 aliphatic carbocycles. The number of rotatable bonds is 4. The molecule has 1 heterocycles. The van der Waals surface area contributed by atoms with Crippen molar-refractivity contribution >= 4 is 17.0 Å². The van der Waals surface area contributed by atoms with Gasteiger partial charge in [0.15, 0.2) is 0 Å². The summed E-state index contributed by atoms with van der Waals surface area (Å²) in [7, 11) is 1.66. The predicted molar refractivity (Wildman–Crippen MR) is 88.1 cm³/mol. The number of benzene rings is 1. The molecule has 1 aromatic heterocycles. The summed E-state index contributed by atoms with van der Waals surface area (Å²) in [5, 5.41) is 0.988. The van der Waals surface area contributed by atoms with Crippen molar-refractivity contribution in [2.24, 2.45) is 0 Å². The molecule has 0 spiro atoms. The van der Waals surface area contributed by atoms with Gasteiger partial charge in [0, 0.05) is 24.3 Å². The molecule has 0 amide bonds. The molecule has 0 saturated heterocycles. The zero-order chi connectivity index (χ0) is 16.3. The number of ether oxygens (including phenoxy) is 2. The van der Waals surface area contributed by atoms with Crippen molar-refractivity contribution < 1.29 is 14.3 Å². The van der Waals surface area contributed by atoms with E-state index in [4.69, 9.17) is 9.47 Å². The molecule has 22 heavy (non-hydrogen) atoms. The molecule has 2 rings (SSSR count). The normalized spacial score (nSPS) is 13.1. The quantitative estimate of drug-likeness (QED) is 0.769. The molecule has 1 aromatic carbocycles. The molecule has 0 saturated carbocycles. The fourth-order valence-electron chi connectivity index (χ4n) is 2.43. The number of hydrogen-bond acceptors (Lipinski definition) is 3. The van der Waals surface area contributed by atoms with Crippen LogP contribution >= 0.6 is 0 Å². The van der Waals surface area contributed by atoms with Gasteiger partial charge >= 0.3 is 6.09 Å². The van der Waals surface area contributed by atoms with Crippen molar-refractivity contribution in [1.82, 2.24) is 4.57 Å². The average molecular weight is 301 g/mol. The molecule has 118 valence electrons. The third-order valence-corrected chi connectivity index (χ3v) is 3.35. The third kappa shape index (κ3) is 3.39. The lowest BCUT2D eigenvalue weighted by Gasteiger charge is -2.19. The van der Waals surface area contributed by atoms with Crippen LogP contribution in [0.25, 0.3) is 10.9 Å². The summed E-state index contributed by atoms with van der Waals surface area (Å²) in [6, 6.07) is 7.75. The minimum absolute atomic E-state index is 0.133. The Kier molecular flexibility index (Phi) is 4.71. The second-order valence-corrected chi connectivity index (χ2v) is 6.20. The van der Waals surface area contributed by atoms with Crippen molar-refractivity contribution in [3.63, 3.8) is 0 Å². The standard InChI is InChI=1S/C18H23NO3/c1-6-9-16(21-5)14-12-19(17(20)22-18(2,3)4)15-11-8-7-10-13(14)15/h6-8,10-12,16H,1,9H2,2-5H3. The van der Waals surface area contributed by atoms with E-state index in [1.807, 2.05) is 51.1 Å². The summed E-state index contributed by atoms with van der Waals surface area (Å²) >= 11 is 0. The van der Waals surface area contributed by atoms with Crippen LogP contribution in [0.4, 0.5) is 4.79 Å². The van der Waals surface area contributed by atoms with Gasteiger partial charge in [0.1, 0.15) is 5.60 Å². The van der Waals surface area contributed by atoms with Gasteiger partial charge in [-0.25, -0.2) is 4.79 Å². The number of hydrogen-bond donors (Lipinski definition) is 0. The van der Waals surface area contributed by atoms with Gasteiger partial charge < -0.3 is 9.47 Å². The summed E-state index contributed by atoms with van der Waals surface area (Å²) in [5.41, 5.74) is 1.24. The zero-order valence-electron chi connectivity index (χ0n) is 13.6. The summed E-state index contributed by atoms with van der Waals surface area (Å²) < 4.78 is 12.6. The molecule has 4 heteroatoms. The molecule has 2 aromatic rings. The first-order valence-electron chi connectivity index (χ1n) is 7.34. The Morgan fingerprint density at radius 2 is 2.05 bits per heavy atom. The number of carbonyl (C=O) groups is 1. The smallest absolute Gasteiger partial charge is 0.419 e. The number of nitrogens with zero attached hydrogens (tertiary/aromatic N) is 1. The highest BCUT2D eigenvalue weighted by atomic mass is 16.6. The van der Waals surface area contributed by atoms with Crippen molar-refractivity contribution in [2.75, 3.05) is 7.11 Å². The van der Waals surface area contributed by atoms with E-state index in [0.717, 1.165) is 16.5 Å². The third-order valence-electron chi connectivity index (χ3n) is 3.35. The lowest BCUT2D eigenvalue weighted by atomic mass is 10.1. The Labute approximate surface area is 131 Å². The van der Waals surface area contributed by atoms with Crippen LogP contribution in [0.5, 0.6) is 0 Å². The van der Waals surface area contributed by atoms with Crippen LogP contribution < -0.4 is 0 Å². The van der Waals surface area contributed by atoms with E-state index in [1.54, 1.807) is 17.9 Å². The van der Waals surface area contributed by atoms with E-state index in [-0.39, 0.29) is 12.2 Å². The minimum Gasteiger partial charge on any atom is -0.443 e. The van der Waals surface area contributed by atoms with Gasteiger partial charge in [-0.2, -0.15) is 0 Å². The highest BCUT2D eigenvalue weighted by Gasteiger charge is 2.23. The molecular weight excluding hydrogens is 278 g/mol. The molecule has 1 atom stereocenters. The average Bonchev–Trinajstić information content (AvgIpc) is 2.82. The van der Waals surface area contributed by atoms with Crippen molar-refractivity contribution in [3.8, 4) is 0 Å². The molecule has 0 bridgehead atoms. The topological polar surface area (TPSA) is 40.5 Å².